The molecule has 1 unspecified atom stereocenters. The minimum absolute atomic E-state index is 0.0538. The molecule has 308 valence electrons. The average Bonchev–Trinajstić information content (AvgIpc) is 3.84. The normalized spacial score (nSPS) is 21.6. The molecular formula is C38H44ClF5N8O5. The van der Waals surface area contributed by atoms with Gasteiger partial charge < -0.3 is 24.2 Å². The highest BCUT2D eigenvalue weighted by Gasteiger charge is 2.49. The number of phenols is 1. The van der Waals surface area contributed by atoms with E-state index in [1.807, 2.05) is 25.7 Å². The number of ether oxygens (including phenoxy) is 3. The Bertz CT molecular complexity index is 2120. The van der Waals surface area contributed by atoms with Gasteiger partial charge in [0.05, 0.1) is 17.0 Å². The van der Waals surface area contributed by atoms with E-state index in [0.29, 0.717) is 50.3 Å². The molecule has 13 nitrogen and oxygen atoms in total. The molecule has 0 saturated carbocycles. The molecule has 3 aliphatic rings. The van der Waals surface area contributed by atoms with Crippen LogP contribution >= 0.6 is 11.6 Å². The molecule has 0 aliphatic carbocycles. The summed E-state index contributed by atoms with van der Waals surface area (Å²) in [5.41, 5.74) is -1.35. The molecule has 57 heavy (non-hydrogen) atoms. The van der Waals surface area contributed by atoms with Gasteiger partial charge in [-0.05, 0) is 83.5 Å². The van der Waals surface area contributed by atoms with Gasteiger partial charge in [0.15, 0.2) is 18.2 Å². The van der Waals surface area contributed by atoms with Gasteiger partial charge in [-0.1, -0.05) is 11.6 Å². The van der Waals surface area contributed by atoms with Crippen molar-refractivity contribution in [2.24, 2.45) is 0 Å². The summed E-state index contributed by atoms with van der Waals surface area (Å²) in [5, 5.41) is 15.1. The predicted octanol–water partition coefficient (Wildman–Crippen LogP) is 7.43. The van der Waals surface area contributed by atoms with E-state index < -0.39 is 53.3 Å². The van der Waals surface area contributed by atoms with Crippen molar-refractivity contribution in [3.63, 3.8) is 0 Å². The molecule has 3 aliphatic heterocycles. The van der Waals surface area contributed by atoms with Gasteiger partial charge in [-0.25, -0.2) is 23.2 Å². The monoisotopic (exact) mass is 822 g/mol. The summed E-state index contributed by atoms with van der Waals surface area (Å²) in [6.45, 7) is 5.64. The molecule has 6 heterocycles. The second kappa shape index (κ2) is 16.0. The number of aromatic nitrogens is 6. The fourth-order valence-electron chi connectivity index (χ4n) is 7.95. The lowest BCUT2D eigenvalue weighted by Gasteiger charge is -2.33. The first kappa shape index (κ1) is 40.6. The zero-order chi connectivity index (χ0) is 40.7. The summed E-state index contributed by atoms with van der Waals surface area (Å²) in [7, 11) is 0. The first-order valence-corrected chi connectivity index (χ1v) is 19.3. The minimum atomic E-state index is -4.73. The quantitative estimate of drug-likeness (QED) is 0.151. The van der Waals surface area contributed by atoms with Crippen molar-refractivity contribution < 1.29 is 46.1 Å². The number of piperidine rings is 1. The van der Waals surface area contributed by atoms with Crippen molar-refractivity contribution in [1.82, 2.24) is 39.5 Å². The van der Waals surface area contributed by atoms with Crippen LogP contribution in [0.4, 0.5) is 26.7 Å². The van der Waals surface area contributed by atoms with E-state index in [1.165, 1.54) is 12.1 Å². The summed E-state index contributed by atoms with van der Waals surface area (Å²) < 4.78 is 89.0. The van der Waals surface area contributed by atoms with Crippen molar-refractivity contribution in [3.8, 4) is 28.9 Å². The SMILES string of the molecule is CC(C)(C)OC(=O)N1CCCC(n2cnc(CCCc3c(Cl)cc(O)cc3-c3ncc4c(OCC(F)(F)F)nc(OC[C@@]56CCCN5C[C@H](F)C6)nc4c3F)n2)C1. The Balaban J connectivity index is 1.11. The summed E-state index contributed by atoms with van der Waals surface area (Å²) in [6, 6.07) is 2.10. The lowest BCUT2D eigenvalue weighted by Crippen LogP contribution is -2.43. The van der Waals surface area contributed by atoms with Gasteiger partial charge >= 0.3 is 18.3 Å². The number of pyridine rings is 1. The van der Waals surface area contributed by atoms with Crippen LogP contribution in [0.3, 0.4) is 0 Å². The zero-order valence-corrected chi connectivity index (χ0v) is 32.5. The molecule has 7 rings (SSSR count). The molecule has 3 aromatic heterocycles. The van der Waals surface area contributed by atoms with E-state index in [-0.39, 0.29) is 65.5 Å². The van der Waals surface area contributed by atoms with Crippen LogP contribution in [0.1, 0.15) is 76.7 Å². The van der Waals surface area contributed by atoms with Crippen molar-refractivity contribution in [2.75, 3.05) is 39.4 Å². The smallest absolute Gasteiger partial charge is 0.422 e. The Hall–Kier alpha value is -4.58. The number of aryl methyl sites for hydroxylation is 1. The summed E-state index contributed by atoms with van der Waals surface area (Å²) in [5.74, 6) is -1.34. The molecule has 1 aromatic carbocycles. The Morgan fingerprint density at radius 2 is 1.88 bits per heavy atom. The van der Waals surface area contributed by atoms with Gasteiger partial charge in [-0.2, -0.15) is 28.2 Å². The first-order valence-electron chi connectivity index (χ1n) is 18.9. The number of carbonyl (C=O) groups is 1. The number of benzene rings is 1. The maximum absolute atomic E-state index is 16.6. The molecule has 1 N–H and O–H groups in total. The number of fused-ring (bicyclic) bond motifs is 2. The van der Waals surface area contributed by atoms with Crippen LogP contribution in [0.25, 0.3) is 22.2 Å². The molecule has 19 heteroatoms. The molecule has 3 saturated heterocycles. The molecule has 3 atom stereocenters. The van der Waals surface area contributed by atoms with Crippen LogP contribution in [0.2, 0.25) is 5.02 Å². The van der Waals surface area contributed by atoms with Crippen LogP contribution in [0.5, 0.6) is 17.6 Å². The number of carbonyl (C=O) groups excluding carboxylic acids is 1. The third kappa shape index (κ3) is 9.27. The Morgan fingerprint density at radius 3 is 2.65 bits per heavy atom. The first-order chi connectivity index (χ1) is 27.0. The lowest BCUT2D eigenvalue weighted by molar-refractivity contribution is -0.153. The average molecular weight is 823 g/mol. The number of likely N-dealkylation sites (tertiary alicyclic amines) is 1. The minimum Gasteiger partial charge on any atom is -0.508 e. The number of halogens is 6. The second-order valence-corrected chi connectivity index (χ2v) is 16.3. The van der Waals surface area contributed by atoms with Gasteiger partial charge in [0.1, 0.15) is 41.7 Å². The van der Waals surface area contributed by atoms with Crippen molar-refractivity contribution in [2.45, 2.75) is 102 Å². The predicted molar refractivity (Wildman–Crippen MR) is 198 cm³/mol. The van der Waals surface area contributed by atoms with E-state index in [1.54, 1.807) is 15.9 Å². The Labute approximate surface area is 330 Å². The summed E-state index contributed by atoms with van der Waals surface area (Å²) >= 11 is 6.62. The molecule has 0 spiro atoms. The maximum atomic E-state index is 16.6. The van der Waals surface area contributed by atoms with E-state index in [0.717, 1.165) is 25.5 Å². The van der Waals surface area contributed by atoms with Gasteiger partial charge in [0.2, 0.25) is 5.88 Å². The van der Waals surface area contributed by atoms with E-state index in [2.05, 4.69) is 25.0 Å². The molecule has 0 radical (unpaired) electrons. The Morgan fingerprint density at radius 1 is 1.07 bits per heavy atom. The highest BCUT2D eigenvalue weighted by Crippen LogP contribution is 2.41. The van der Waals surface area contributed by atoms with Crippen LogP contribution in [0, 0.1) is 5.82 Å². The van der Waals surface area contributed by atoms with Crippen LogP contribution in [0.15, 0.2) is 24.7 Å². The second-order valence-electron chi connectivity index (χ2n) is 15.9. The van der Waals surface area contributed by atoms with E-state index >= 15 is 4.39 Å². The van der Waals surface area contributed by atoms with Crippen LogP contribution < -0.4 is 9.47 Å². The van der Waals surface area contributed by atoms with Gasteiger partial charge in [0.25, 0.3) is 0 Å². The molecule has 1 amide bonds. The van der Waals surface area contributed by atoms with Gasteiger partial charge in [0, 0.05) is 49.3 Å². The fourth-order valence-corrected chi connectivity index (χ4v) is 8.25. The zero-order valence-electron chi connectivity index (χ0n) is 31.8. The number of aromatic hydroxyl groups is 1. The molecule has 3 fully saturated rings. The van der Waals surface area contributed by atoms with Gasteiger partial charge in [-0.15, -0.1) is 0 Å². The number of alkyl halides is 4. The maximum Gasteiger partial charge on any atom is 0.422 e. The van der Waals surface area contributed by atoms with Crippen LogP contribution in [-0.2, 0) is 17.6 Å². The third-order valence-electron chi connectivity index (χ3n) is 10.5. The number of hydrogen-bond donors (Lipinski definition) is 1. The Kier molecular flexibility index (Phi) is 11.4. The lowest BCUT2D eigenvalue weighted by atomic mass is 9.95. The van der Waals surface area contributed by atoms with E-state index in [9.17, 15) is 27.5 Å². The van der Waals surface area contributed by atoms with Crippen molar-refractivity contribution in [3.05, 3.63) is 46.9 Å². The molecule has 4 aromatic rings. The number of hydrogen-bond acceptors (Lipinski definition) is 11. The number of phenolic OH excluding ortho intramolecular Hbond substituents is 1. The summed E-state index contributed by atoms with van der Waals surface area (Å²) in [4.78, 5) is 33.3. The van der Waals surface area contributed by atoms with Crippen molar-refractivity contribution >= 4 is 28.6 Å². The summed E-state index contributed by atoms with van der Waals surface area (Å²) in [6.07, 6.45) is 1.00. The standard InChI is InChI=1S/C38H44ClF5N8O5/c1-36(2,3)57-35(54)50-11-5-7-23(18-50)52-21-46-29(49-52)9-4-8-25-26(13-24(53)14-28(25)39)31-30(41)32-27(16-45-31)33(55-20-38(42,43)44)48-34(47-32)56-19-37-10-6-12-51(37)17-22(40)15-37/h13-14,16,21-23,53H,4-12,15,17-20H2,1-3H3/t22-,23?,37+/m1/s1. The highest BCUT2D eigenvalue weighted by atomic mass is 35.5. The molecule has 0 bridgehead atoms. The largest absolute Gasteiger partial charge is 0.508 e. The van der Waals surface area contributed by atoms with Crippen molar-refractivity contribution in [1.29, 1.82) is 0 Å². The van der Waals surface area contributed by atoms with Gasteiger partial charge in [-0.3, -0.25) is 9.88 Å². The van der Waals surface area contributed by atoms with Crippen LogP contribution in [-0.4, -0.2) is 114 Å². The number of rotatable bonds is 11. The topological polar surface area (TPSA) is 141 Å². The number of amides is 1. The fraction of sp³-hybridized carbons (Fsp3) is 0.579. The third-order valence-corrected chi connectivity index (χ3v) is 10.8. The highest BCUT2D eigenvalue weighted by molar-refractivity contribution is 6.32. The van der Waals surface area contributed by atoms with E-state index in [4.69, 9.17) is 25.8 Å². The molecular weight excluding hydrogens is 779 g/mol. The number of nitrogens with zero attached hydrogens (tertiary/aromatic N) is 8.